The van der Waals surface area contributed by atoms with Crippen molar-refractivity contribution in [1.82, 2.24) is 9.88 Å². The van der Waals surface area contributed by atoms with Crippen molar-refractivity contribution < 1.29 is 9.53 Å². The normalized spacial score (nSPS) is 24.2. The van der Waals surface area contributed by atoms with Gasteiger partial charge in [-0.3, -0.25) is 9.78 Å². The van der Waals surface area contributed by atoms with E-state index in [4.69, 9.17) is 10.5 Å². The second kappa shape index (κ2) is 7.26. The summed E-state index contributed by atoms with van der Waals surface area (Å²) in [5, 5.41) is 0.918. The zero-order valence-electron chi connectivity index (χ0n) is 17.4. The highest BCUT2D eigenvalue weighted by Crippen LogP contribution is 2.40. The van der Waals surface area contributed by atoms with Crippen molar-refractivity contribution in [2.75, 3.05) is 12.3 Å². The molecule has 0 radical (unpaired) electrons. The van der Waals surface area contributed by atoms with Crippen LogP contribution < -0.4 is 10.5 Å². The Labute approximate surface area is 167 Å². The quantitative estimate of drug-likeness (QED) is 0.860. The fraction of sp³-hybridized carbons (Fsp3) is 0.565. The van der Waals surface area contributed by atoms with Gasteiger partial charge in [0.25, 0.3) is 0 Å². The molecule has 1 amide bonds. The van der Waals surface area contributed by atoms with E-state index in [0.717, 1.165) is 59.3 Å². The number of benzene rings is 1. The standard InChI is InChI=1S/C23H31N3O2/c1-13(2)23(27)26-17-8-9-18(26)11-16(10-17)12-28-20-7-5-6-19-21(20)22(24)14(3)15(4)25-19/h5-7,13,16-18H,8-12H2,1-4H3,(H2,24,25). The van der Waals surface area contributed by atoms with Crippen LogP contribution in [0.2, 0.25) is 0 Å². The summed E-state index contributed by atoms with van der Waals surface area (Å²) in [5.74, 6) is 1.68. The lowest BCUT2D eigenvalue weighted by Crippen LogP contribution is -2.48. The van der Waals surface area contributed by atoms with Gasteiger partial charge >= 0.3 is 0 Å². The molecule has 2 bridgehead atoms. The van der Waals surface area contributed by atoms with E-state index in [1.165, 1.54) is 0 Å². The fourth-order valence-corrected chi connectivity index (χ4v) is 4.94. The molecule has 0 saturated carbocycles. The molecule has 150 valence electrons. The minimum atomic E-state index is 0.0776. The van der Waals surface area contributed by atoms with Gasteiger partial charge in [-0.25, -0.2) is 0 Å². The van der Waals surface area contributed by atoms with Crippen LogP contribution in [0.15, 0.2) is 18.2 Å². The number of nitrogens with two attached hydrogens (primary N) is 1. The van der Waals surface area contributed by atoms with Crippen LogP contribution in [0.1, 0.15) is 50.8 Å². The van der Waals surface area contributed by atoms with E-state index in [-0.39, 0.29) is 5.92 Å². The smallest absolute Gasteiger partial charge is 0.225 e. The number of anilines is 1. The Kier molecular flexibility index (Phi) is 4.94. The van der Waals surface area contributed by atoms with Crippen LogP contribution in [0.5, 0.6) is 5.75 Å². The summed E-state index contributed by atoms with van der Waals surface area (Å²) in [6, 6.07) is 6.72. The highest BCUT2D eigenvalue weighted by Gasteiger charge is 2.43. The second-order valence-corrected chi connectivity index (χ2v) is 8.82. The number of piperidine rings is 1. The number of ether oxygens (including phenoxy) is 1. The van der Waals surface area contributed by atoms with Gasteiger partial charge in [-0.15, -0.1) is 0 Å². The van der Waals surface area contributed by atoms with Crippen LogP contribution in [0, 0.1) is 25.7 Å². The molecule has 2 aliphatic heterocycles. The van der Waals surface area contributed by atoms with Gasteiger partial charge in [-0.05, 0) is 63.1 Å². The molecule has 28 heavy (non-hydrogen) atoms. The number of carbonyl (C=O) groups is 1. The van der Waals surface area contributed by atoms with Crippen LogP contribution in [0.25, 0.3) is 10.9 Å². The summed E-state index contributed by atoms with van der Waals surface area (Å²) in [6.45, 7) is 8.66. The van der Waals surface area contributed by atoms with Crippen molar-refractivity contribution in [2.24, 2.45) is 11.8 Å². The number of hydrogen-bond acceptors (Lipinski definition) is 4. The Bertz CT molecular complexity index is 894. The Balaban J connectivity index is 1.50. The molecule has 2 saturated heterocycles. The van der Waals surface area contributed by atoms with E-state index in [1.807, 2.05) is 45.9 Å². The van der Waals surface area contributed by atoms with Crippen molar-refractivity contribution in [3.05, 3.63) is 29.5 Å². The summed E-state index contributed by atoms with van der Waals surface area (Å²) in [6.07, 6.45) is 4.32. The van der Waals surface area contributed by atoms with Crippen molar-refractivity contribution in [2.45, 2.75) is 65.5 Å². The molecule has 3 heterocycles. The van der Waals surface area contributed by atoms with E-state index in [0.29, 0.717) is 30.5 Å². The molecule has 0 spiro atoms. The zero-order chi connectivity index (χ0) is 20.0. The topological polar surface area (TPSA) is 68.5 Å². The van der Waals surface area contributed by atoms with Gasteiger partial charge in [0.2, 0.25) is 5.91 Å². The van der Waals surface area contributed by atoms with Gasteiger partial charge in [0, 0.05) is 29.4 Å². The lowest BCUT2D eigenvalue weighted by Gasteiger charge is -2.39. The van der Waals surface area contributed by atoms with E-state index in [1.54, 1.807) is 0 Å². The number of fused-ring (bicyclic) bond motifs is 3. The summed E-state index contributed by atoms with van der Waals surface area (Å²) < 4.78 is 6.28. The summed E-state index contributed by atoms with van der Waals surface area (Å²) in [7, 11) is 0. The average Bonchev–Trinajstić information content (AvgIpc) is 2.93. The lowest BCUT2D eigenvalue weighted by atomic mass is 9.90. The number of nitrogens with zero attached hydrogens (tertiary/aromatic N) is 2. The van der Waals surface area contributed by atoms with Crippen LogP contribution in [0.4, 0.5) is 5.69 Å². The SMILES string of the molecule is Cc1nc2cccc(OCC3CC4CCC(C3)N4C(=O)C(C)C)c2c(N)c1C. The van der Waals surface area contributed by atoms with Crippen molar-refractivity contribution in [1.29, 1.82) is 0 Å². The van der Waals surface area contributed by atoms with Gasteiger partial charge in [-0.1, -0.05) is 19.9 Å². The number of nitrogen functional groups attached to an aromatic ring is 1. The number of hydrogen-bond donors (Lipinski definition) is 1. The molecule has 2 atom stereocenters. The highest BCUT2D eigenvalue weighted by molar-refractivity contribution is 5.97. The molecule has 4 rings (SSSR count). The van der Waals surface area contributed by atoms with Crippen molar-refractivity contribution in [3.63, 3.8) is 0 Å². The maximum atomic E-state index is 12.6. The molecule has 2 fully saturated rings. The van der Waals surface area contributed by atoms with Crippen LogP contribution >= 0.6 is 0 Å². The monoisotopic (exact) mass is 381 g/mol. The van der Waals surface area contributed by atoms with Crippen LogP contribution in [-0.2, 0) is 4.79 Å². The zero-order valence-corrected chi connectivity index (χ0v) is 17.4. The van der Waals surface area contributed by atoms with Crippen molar-refractivity contribution >= 4 is 22.5 Å². The Morgan fingerprint density at radius 1 is 1.25 bits per heavy atom. The van der Waals surface area contributed by atoms with Gasteiger partial charge < -0.3 is 15.4 Å². The third-order valence-corrected chi connectivity index (χ3v) is 6.56. The molecule has 2 aliphatic rings. The lowest BCUT2D eigenvalue weighted by molar-refractivity contribution is -0.140. The predicted octanol–water partition coefficient (Wildman–Crippen LogP) is 4.24. The van der Waals surface area contributed by atoms with Crippen molar-refractivity contribution in [3.8, 4) is 5.75 Å². The van der Waals surface area contributed by atoms with Crippen LogP contribution in [-0.4, -0.2) is 34.5 Å². The first-order chi connectivity index (χ1) is 13.4. The first-order valence-electron chi connectivity index (χ1n) is 10.5. The number of pyridine rings is 1. The molecule has 1 aromatic heterocycles. The number of amides is 1. The summed E-state index contributed by atoms with van der Waals surface area (Å²) in [4.78, 5) is 19.4. The third-order valence-electron chi connectivity index (χ3n) is 6.56. The molecular weight excluding hydrogens is 350 g/mol. The predicted molar refractivity (Wildman–Crippen MR) is 112 cm³/mol. The summed E-state index contributed by atoms with van der Waals surface area (Å²) >= 11 is 0. The maximum Gasteiger partial charge on any atom is 0.225 e. The van der Waals surface area contributed by atoms with Crippen LogP contribution in [0.3, 0.4) is 0 Å². The van der Waals surface area contributed by atoms with Gasteiger partial charge in [0.1, 0.15) is 5.75 Å². The molecule has 2 N–H and O–H groups in total. The number of aryl methyl sites for hydroxylation is 1. The number of aromatic nitrogens is 1. The molecule has 2 unspecified atom stereocenters. The van der Waals surface area contributed by atoms with Gasteiger partial charge in [0.15, 0.2) is 0 Å². The Morgan fingerprint density at radius 3 is 2.57 bits per heavy atom. The second-order valence-electron chi connectivity index (χ2n) is 8.82. The molecule has 1 aromatic carbocycles. The van der Waals surface area contributed by atoms with E-state index >= 15 is 0 Å². The van der Waals surface area contributed by atoms with E-state index < -0.39 is 0 Å². The van der Waals surface area contributed by atoms with E-state index in [2.05, 4.69) is 9.88 Å². The first kappa shape index (κ1) is 19.0. The fourth-order valence-electron chi connectivity index (χ4n) is 4.94. The number of rotatable bonds is 4. The molecule has 2 aromatic rings. The largest absolute Gasteiger partial charge is 0.493 e. The minimum absolute atomic E-state index is 0.0776. The average molecular weight is 382 g/mol. The summed E-state index contributed by atoms with van der Waals surface area (Å²) in [5.41, 5.74) is 10.0. The molecule has 5 nitrogen and oxygen atoms in total. The Hall–Kier alpha value is -2.30. The van der Waals surface area contributed by atoms with E-state index in [9.17, 15) is 4.79 Å². The highest BCUT2D eigenvalue weighted by atomic mass is 16.5. The van der Waals surface area contributed by atoms with Gasteiger partial charge in [0.05, 0.1) is 17.5 Å². The molecule has 0 aliphatic carbocycles. The molecular formula is C23H31N3O2. The molecule has 5 heteroatoms. The maximum absolute atomic E-state index is 12.6. The Morgan fingerprint density at radius 2 is 1.93 bits per heavy atom. The van der Waals surface area contributed by atoms with Gasteiger partial charge in [-0.2, -0.15) is 0 Å². The minimum Gasteiger partial charge on any atom is -0.493 e. The number of carbonyl (C=O) groups excluding carboxylic acids is 1. The first-order valence-corrected chi connectivity index (χ1v) is 10.5. The third kappa shape index (κ3) is 3.21.